The number of hydrogen-bond donors (Lipinski definition) is 0. The first-order valence-electron chi connectivity index (χ1n) is 11.3. The minimum atomic E-state index is -0.0962. The summed E-state index contributed by atoms with van der Waals surface area (Å²) >= 11 is 12.4. The number of fused-ring (bicyclic) bond motifs is 3. The Morgan fingerprint density at radius 1 is 1.09 bits per heavy atom. The van der Waals surface area contributed by atoms with Gasteiger partial charge in [0, 0.05) is 23.1 Å². The molecular weight excluding hydrogens is 469 g/mol. The normalized spacial score (nSPS) is 16.4. The number of Topliss-reactive ketones (excluding diaryl/α,β-unsaturated/α-hetero) is 1. The number of aryl methyl sites for hydroxylation is 1. The van der Waals surface area contributed by atoms with Crippen LogP contribution in [0.4, 0.5) is 0 Å². The minimum absolute atomic E-state index is 0.0962. The molecule has 2 heterocycles. The monoisotopic (exact) mass is 493 g/mol. The van der Waals surface area contributed by atoms with E-state index >= 15 is 0 Å². The van der Waals surface area contributed by atoms with Gasteiger partial charge in [0.1, 0.15) is 18.2 Å². The second-order valence-corrected chi connectivity index (χ2v) is 9.98. The average molecular weight is 494 g/mol. The van der Waals surface area contributed by atoms with E-state index in [2.05, 4.69) is 30.9 Å². The van der Waals surface area contributed by atoms with Crippen LogP contribution in [0, 0.1) is 6.92 Å². The summed E-state index contributed by atoms with van der Waals surface area (Å²) in [6.07, 6.45) is 1.81. The third-order valence-corrected chi connectivity index (χ3v) is 6.88. The zero-order chi connectivity index (χ0) is 24.0. The Labute approximate surface area is 209 Å². The summed E-state index contributed by atoms with van der Waals surface area (Å²) in [7, 11) is 0. The molecule has 0 N–H and O–H groups in total. The molecule has 0 saturated carbocycles. The summed E-state index contributed by atoms with van der Waals surface area (Å²) in [6.45, 7) is 7.84. The number of rotatable bonds is 4. The maximum Gasteiger partial charge on any atom is 0.232 e. The molecule has 2 aliphatic rings. The largest absolute Gasteiger partial charge is 0.478 e. The van der Waals surface area contributed by atoms with E-state index in [0.717, 1.165) is 28.0 Å². The van der Waals surface area contributed by atoms with E-state index in [1.165, 1.54) is 5.56 Å². The number of allylic oxidation sites excluding steroid dienone is 1. The van der Waals surface area contributed by atoms with E-state index < -0.39 is 0 Å². The molecule has 3 aromatic carbocycles. The van der Waals surface area contributed by atoms with Crippen molar-refractivity contribution in [2.45, 2.75) is 39.8 Å². The third-order valence-electron chi connectivity index (χ3n) is 6.30. The number of nitrogens with zero attached hydrogens (tertiary/aromatic N) is 1. The highest BCUT2D eigenvalue weighted by Gasteiger charge is 2.35. The fraction of sp³-hybridized carbons (Fsp3) is 0.250. The number of benzene rings is 3. The molecule has 0 amide bonds. The molecule has 0 atom stereocenters. The second-order valence-electron chi connectivity index (χ2n) is 9.13. The number of ketones is 1. The Bertz CT molecular complexity index is 1310. The zero-order valence-electron chi connectivity index (χ0n) is 19.3. The Kier molecular flexibility index (Phi) is 6.15. The number of carbonyl (C=O) groups excluding carboxylic acids is 1. The molecule has 2 aliphatic heterocycles. The number of hydrogen-bond acceptors (Lipinski definition) is 4. The molecule has 0 radical (unpaired) electrons. The second kappa shape index (κ2) is 9.10. The van der Waals surface area contributed by atoms with Crippen LogP contribution in [0.3, 0.4) is 0 Å². The van der Waals surface area contributed by atoms with Gasteiger partial charge in [0.25, 0.3) is 0 Å². The van der Waals surface area contributed by atoms with E-state index in [1.54, 1.807) is 6.07 Å². The number of carbonyl (C=O) groups is 1. The van der Waals surface area contributed by atoms with Crippen LogP contribution in [-0.4, -0.2) is 17.4 Å². The van der Waals surface area contributed by atoms with Crippen LogP contribution in [0.5, 0.6) is 11.5 Å². The predicted molar refractivity (Wildman–Crippen MR) is 136 cm³/mol. The summed E-state index contributed by atoms with van der Waals surface area (Å²) in [4.78, 5) is 15.4. The van der Waals surface area contributed by atoms with Crippen molar-refractivity contribution in [1.82, 2.24) is 4.90 Å². The fourth-order valence-electron chi connectivity index (χ4n) is 4.40. The number of ether oxygens (including phenoxy) is 2. The molecule has 4 nitrogen and oxygen atoms in total. The van der Waals surface area contributed by atoms with Crippen LogP contribution in [0.2, 0.25) is 10.0 Å². The van der Waals surface area contributed by atoms with Gasteiger partial charge >= 0.3 is 0 Å². The van der Waals surface area contributed by atoms with Gasteiger partial charge in [-0.15, -0.1) is 0 Å². The summed E-state index contributed by atoms with van der Waals surface area (Å²) < 4.78 is 12.2. The molecule has 174 valence electrons. The van der Waals surface area contributed by atoms with Gasteiger partial charge in [-0.3, -0.25) is 9.69 Å². The van der Waals surface area contributed by atoms with E-state index in [1.807, 2.05) is 43.3 Å². The lowest BCUT2D eigenvalue weighted by Crippen LogP contribution is -2.32. The van der Waals surface area contributed by atoms with Crippen LogP contribution in [-0.2, 0) is 13.1 Å². The van der Waals surface area contributed by atoms with Gasteiger partial charge < -0.3 is 9.47 Å². The van der Waals surface area contributed by atoms with E-state index in [9.17, 15) is 4.79 Å². The van der Waals surface area contributed by atoms with E-state index in [0.29, 0.717) is 52.9 Å². The maximum atomic E-state index is 13.3. The highest BCUT2D eigenvalue weighted by Crippen LogP contribution is 2.44. The molecule has 0 aromatic heterocycles. The molecule has 3 aromatic rings. The lowest BCUT2D eigenvalue weighted by Gasteiger charge is -2.30. The quantitative estimate of drug-likeness (QED) is 0.355. The third kappa shape index (κ3) is 4.34. The summed E-state index contributed by atoms with van der Waals surface area (Å²) in [5.41, 5.74) is 5.49. The van der Waals surface area contributed by atoms with Gasteiger partial charge in [-0.05, 0) is 59.4 Å². The molecule has 0 bridgehead atoms. The molecule has 0 aliphatic carbocycles. The van der Waals surface area contributed by atoms with Crippen molar-refractivity contribution in [2.75, 3.05) is 6.73 Å². The van der Waals surface area contributed by atoms with Crippen molar-refractivity contribution in [2.24, 2.45) is 0 Å². The van der Waals surface area contributed by atoms with Crippen molar-refractivity contribution in [3.63, 3.8) is 0 Å². The van der Waals surface area contributed by atoms with Crippen molar-refractivity contribution in [1.29, 1.82) is 0 Å². The van der Waals surface area contributed by atoms with Crippen LogP contribution in [0.25, 0.3) is 6.08 Å². The van der Waals surface area contributed by atoms with Crippen LogP contribution >= 0.6 is 23.2 Å². The van der Waals surface area contributed by atoms with Crippen molar-refractivity contribution in [3.8, 4) is 11.5 Å². The first-order valence-corrected chi connectivity index (χ1v) is 12.1. The van der Waals surface area contributed by atoms with Crippen LogP contribution in [0.15, 0.2) is 54.3 Å². The van der Waals surface area contributed by atoms with Crippen molar-refractivity contribution >= 4 is 35.1 Å². The van der Waals surface area contributed by atoms with Gasteiger partial charge in [-0.1, -0.05) is 67.4 Å². The van der Waals surface area contributed by atoms with Gasteiger partial charge in [0.15, 0.2) is 5.76 Å². The zero-order valence-corrected chi connectivity index (χ0v) is 20.8. The number of halogens is 2. The van der Waals surface area contributed by atoms with Gasteiger partial charge in [0.05, 0.1) is 11.1 Å². The molecule has 0 spiro atoms. The maximum absolute atomic E-state index is 13.3. The van der Waals surface area contributed by atoms with E-state index in [-0.39, 0.29) is 5.78 Å². The minimum Gasteiger partial charge on any atom is -0.478 e. The molecule has 34 heavy (non-hydrogen) atoms. The standard InChI is InChI=1S/C28H25Cl2NO3/c1-16(2)19-6-4-18(5-7-19)11-25-27(32)26-17(3)10-24-22(28(26)34-25)14-31(15-33-24)13-20-8-9-21(29)12-23(20)30/h4-12,16H,13-15H2,1-3H3/b25-11-. The lowest BCUT2D eigenvalue weighted by molar-refractivity contribution is 0.0872. The summed E-state index contributed by atoms with van der Waals surface area (Å²) in [5.74, 6) is 2.04. The van der Waals surface area contributed by atoms with Crippen LogP contribution in [0.1, 0.15) is 57.9 Å². The first kappa shape index (κ1) is 23.0. The van der Waals surface area contributed by atoms with Gasteiger partial charge in [-0.25, -0.2) is 0 Å². The summed E-state index contributed by atoms with van der Waals surface area (Å²) in [5, 5.41) is 1.22. The first-order chi connectivity index (χ1) is 16.3. The summed E-state index contributed by atoms with van der Waals surface area (Å²) in [6, 6.07) is 15.6. The fourth-order valence-corrected chi connectivity index (χ4v) is 4.86. The molecule has 6 heteroatoms. The van der Waals surface area contributed by atoms with Crippen molar-refractivity contribution < 1.29 is 14.3 Å². The van der Waals surface area contributed by atoms with E-state index in [4.69, 9.17) is 32.7 Å². The Balaban J connectivity index is 1.43. The van der Waals surface area contributed by atoms with Crippen LogP contribution < -0.4 is 9.47 Å². The SMILES string of the molecule is Cc1cc2c(c3c1C(=O)/C(=C/c1ccc(C(C)C)cc1)O3)CN(Cc1ccc(Cl)cc1Cl)CO2. The van der Waals surface area contributed by atoms with Gasteiger partial charge in [0.2, 0.25) is 5.78 Å². The molecule has 0 fully saturated rings. The lowest BCUT2D eigenvalue weighted by atomic mass is 9.98. The van der Waals surface area contributed by atoms with Crippen molar-refractivity contribution in [3.05, 3.63) is 97.7 Å². The predicted octanol–water partition coefficient (Wildman–Crippen LogP) is 7.39. The Morgan fingerprint density at radius 2 is 1.85 bits per heavy atom. The molecule has 0 saturated heterocycles. The molecule has 0 unspecified atom stereocenters. The smallest absolute Gasteiger partial charge is 0.232 e. The molecule has 5 rings (SSSR count). The topological polar surface area (TPSA) is 38.8 Å². The Morgan fingerprint density at radius 3 is 2.56 bits per heavy atom. The Hall–Kier alpha value is -2.79. The average Bonchev–Trinajstić information content (AvgIpc) is 3.13. The molecular formula is C28H25Cl2NO3. The van der Waals surface area contributed by atoms with Gasteiger partial charge in [-0.2, -0.15) is 0 Å². The highest BCUT2D eigenvalue weighted by atomic mass is 35.5. The highest BCUT2D eigenvalue weighted by molar-refractivity contribution is 6.35.